The number of aromatic amines is 1. The summed E-state index contributed by atoms with van der Waals surface area (Å²) in [7, 11) is 0. The van der Waals surface area contributed by atoms with Gasteiger partial charge in [-0.15, -0.1) is 0 Å². The van der Waals surface area contributed by atoms with Crippen LogP contribution in [-0.2, 0) is 6.54 Å². The monoisotopic (exact) mass is 511 g/mol. The van der Waals surface area contributed by atoms with Gasteiger partial charge in [-0.1, -0.05) is 60.7 Å². The Hall–Kier alpha value is -4.62. The van der Waals surface area contributed by atoms with Gasteiger partial charge in [-0.2, -0.15) is 5.10 Å². The van der Waals surface area contributed by atoms with Crippen molar-refractivity contribution in [1.82, 2.24) is 34.4 Å². The number of piperidine rings is 1. The third-order valence-corrected chi connectivity index (χ3v) is 7.64. The van der Waals surface area contributed by atoms with Gasteiger partial charge < -0.3 is 0 Å². The summed E-state index contributed by atoms with van der Waals surface area (Å²) < 4.78 is 2.07. The number of nitrogens with zero attached hydrogens (tertiary/aromatic N) is 6. The fourth-order valence-corrected chi connectivity index (χ4v) is 5.58. The van der Waals surface area contributed by atoms with Gasteiger partial charge in [0.15, 0.2) is 0 Å². The Morgan fingerprint density at radius 2 is 1.56 bits per heavy atom. The van der Waals surface area contributed by atoms with Crippen LogP contribution in [0.4, 0.5) is 0 Å². The smallest absolute Gasteiger partial charge is 0.234 e. The minimum absolute atomic E-state index is 0.508. The molecule has 192 valence electrons. The van der Waals surface area contributed by atoms with Crippen molar-refractivity contribution in [3.8, 4) is 33.9 Å². The van der Waals surface area contributed by atoms with E-state index in [1.165, 1.54) is 11.3 Å². The van der Waals surface area contributed by atoms with Gasteiger partial charge in [0.25, 0.3) is 0 Å². The summed E-state index contributed by atoms with van der Waals surface area (Å²) in [4.78, 5) is 16.4. The third kappa shape index (κ3) is 4.73. The van der Waals surface area contributed by atoms with Crippen molar-refractivity contribution in [3.63, 3.8) is 0 Å². The summed E-state index contributed by atoms with van der Waals surface area (Å²) in [6, 6.07) is 29.3. The van der Waals surface area contributed by atoms with Gasteiger partial charge in [0, 0.05) is 47.9 Å². The van der Waals surface area contributed by atoms with Crippen molar-refractivity contribution in [2.45, 2.75) is 25.3 Å². The van der Waals surface area contributed by atoms with Crippen LogP contribution in [0.2, 0.25) is 0 Å². The predicted molar refractivity (Wildman–Crippen MR) is 153 cm³/mol. The highest BCUT2D eigenvalue weighted by Gasteiger charge is 2.23. The van der Waals surface area contributed by atoms with Gasteiger partial charge in [-0.05, 0) is 55.8 Å². The predicted octanol–water partition coefficient (Wildman–Crippen LogP) is 6.23. The Balaban J connectivity index is 1.04. The minimum atomic E-state index is 0.508. The average molecular weight is 512 g/mol. The van der Waals surface area contributed by atoms with Gasteiger partial charge in [0.2, 0.25) is 5.78 Å². The molecule has 7 rings (SSSR count). The molecule has 0 aliphatic carbocycles. The quantitative estimate of drug-likeness (QED) is 0.287. The molecule has 4 aromatic heterocycles. The first-order chi connectivity index (χ1) is 19.3. The van der Waals surface area contributed by atoms with Crippen LogP contribution in [0.5, 0.6) is 0 Å². The molecule has 1 fully saturated rings. The number of pyridine rings is 1. The van der Waals surface area contributed by atoms with Gasteiger partial charge in [-0.3, -0.25) is 19.4 Å². The van der Waals surface area contributed by atoms with E-state index in [2.05, 4.69) is 84.1 Å². The van der Waals surface area contributed by atoms with Crippen LogP contribution in [0.3, 0.4) is 0 Å². The number of imidazole rings is 1. The molecule has 0 amide bonds. The Morgan fingerprint density at radius 3 is 2.36 bits per heavy atom. The second-order valence-electron chi connectivity index (χ2n) is 10.1. The molecular formula is C32H29N7. The van der Waals surface area contributed by atoms with Crippen molar-refractivity contribution in [1.29, 1.82) is 0 Å². The number of aromatic nitrogens is 6. The maximum Gasteiger partial charge on any atom is 0.234 e. The molecule has 0 saturated carbocycles. The standard InChI is InChI=1S/C32H29N7/c1-2-7-26(8-3-1)31-30(35-32-34-17-6-18-39(31)32)25-12-10-23(11-13-25)22-38-19-14-24(15-20-38)28-21-29(37-36-28)27-9-4-5-16-33-27/h1-13,16-18,21,24H,14-15,19-20,22H2,(H,36,37). The molecule has 0 bridgehead atoms. The van der Waals surface area contributed by atoms with Crippen LogP contribution in [0, 0.1) is 0 Å². The molecule has 0 spiro atoms. The lowest BCUT2D eigenvalue weighted by Gasteiger charge is -2.31. The maximum atomic E-state index is 4.89. The first kappa shape index (κ1) is 23.5. The van der Waals surface area contributed by atoms with Crippen LogP contribution in [0.15, 0.2) is 104 Å². The SMILES string of the molecule is c1ccc(-c2c(-c3ccc(CN4CCC(c5cc(-c6ccccn6)n[nH]5)CC4)cc3)nc3ncccn23)cc1. The zero-order valence-electron chi connectivity index (χ0n) is 21.6. The van der Waals surface area contributed by atoms with Crippen LogP contribution in [-0.4, -0.2) is 47.5 Å². The van der Waals surface area contributed by atoms with Crippen LogP contribution in [0.1, 0.15) is 30.0 Å². The van der Waals surface area contributed by atoms with E-state index < -0.39 is 0 Å². The van der Waals surface area contributed by atoms with Gasteiger partial charge in [-0.25, -0.2) is 9.97 Å². The summed E-state index contributed by atoms with van der Waals surface area (Å²) in [6.07, 6.45) is 7.87. The number of fused-ring (bicyclic) bond motifs is 1. The zero-order chi connectivity index (χ0) is 26.0. The number of likely N-dealkylation sites (tertiary alicyclic amines) is 1. The molecule has 7 nitrogen and oxygen atoms in total. The fourth-order valence-electron chi connectivity index (χ4n) is 5.58. The number of hydrogen-bond acceptors (Lipinski definition) is 5. The van der Waals surface area contributed by atoms with E-state index in [1.54, 1.807) is 6.20 Å². The Morgan fingerprint density at radius 1 is 0.769 bits per heavy atom. The number of rotatable bonds is 6. The molecule has 2 aromatic carbocycles. The molecule has 7 heteroatoms. The molecule has 5 heterocycles. The van der Waals surface area contributed by atoms with E-state index in [9.17, 15) is 0 Å². The largest absolute Gasteiger partial charge is 0.299 e. The first-order valence-corrected chi connectivity index (χ1v) is 13.5. The Kier molecular flexibility index (Phi) is 6.19. The van der Waals surface area contributed by atoms with Crippen molar-refractivity contribution < 1.29 is 0 Å². The van der Waals surface area contributed by atoms with Crippen LogP contribution < -0.4 is 0 Å². The molecule has 0 radical (unpaired) electrons. The van der Waals surface area contributed by atoms with E-state index in [0.29, 0.717) is 11.7 Å². The summed E-state index contributed by atoms with van der Waals surface area (Å²) in [5.74, 6) is 1.22. The maximum absolute atomic E-state index is 4.89. The summed E-state index contributed by atoms with van der Waals surface area (Å²) in [6.45, 7) is 3.09. The van der Waals surface area contributed by atoms with E-state index in [4.69, 9.17) is 4.98 Å². The molecule has 1 N–H and O–H groups in total. The summed E-state index contributed by atoms with van der Waals surface area (Å²) in [5.41, 5.74) is 8.63. The van der Waals surface area contributed by atoms with Gasteiger partial charge in [0.05, 0.1) is 17.1 Å². The van der Waals surface area contributed by atoms with Gasteiger partial charge >= 0.3 is 0 Å². The number of hydrogen-bond donors (Lipinski definition) is 1. The molecule has 1 aliphatic heterocycles. The third-order valence-electron chi connectivity index (χ3n) is 7.64. The van der Waals surface area contributed by atoms with Crippen molar-refractivity contribution in [2.75, 3.05) is 13.1 Å². The second-order valence-corrected chi connectivity index (χ2v) is 10.1. The molecule has 1 saturated heterocycles. The van der Waals surface area contributed by atoms with Crippen LogP contribution >= 0.6 is 0 Å². The highest BCUT2D eigenvalue weighted by molar-refractivity contribution is 5.81. The molecule has 6 aromatic rings. The minimum Gasteiger partial charge on any atom is -0.299 e. The average Bonchev–Trinajstić information content (AvgIpc) is 3.65. The molecule has 1 aliphatic rings. The zero-order valence-corrected chi connectivity index (χ0v) is 21.6. The lowest BCUT2D eigenvalue weighted by molar-refractivity contribution is 0.203. The van der Waals surface area contributed by atoms with E-state index in [1.807, 2.05) is 42.7 Å². The lowest BCUT2D eigenvalue weighted by Crippen LogP contribution is -2.32. The normalized spacial score (nSPS) is 14.7. The number of H-pyrrole nitrogens is 1. The molecule has 39 heavy (non-hydrogen) atoms. The van der Waals surface area contributed by atoms with E-state index >= 15 is 0 Å². The molecular weight excluding hydrogens is 482 g/mol. The molecule has 0 unspecified atom stereocenters. The van der Waals surface area contributed by atoms with E-state index in [-0.39, 0.29) is 0 Å². The first-order valence-electron chi connectivity index (χ1n) is 13.5. The van der Waals surface area contributed by atoms with Crippen molar-refractivity contribution in [2.24, 2.45) is 0 Å². The van der Waals surface area contributed by atoms with Gasteiger partial charge in [0.1, 0.15) is 5.69 Å². The Bertz CT molecular complexity index is 1680. The topological polar surface area (TPSA) is 75.0 Å². The highest BCUT2D eigenvalue weighted by Crippen LogP contribution is 2.33. The highest BCUT2D eigenvalue weighted by atomic mass is 15.1. The van der Waals surface area contributed by atoms with Crippen molar-refractivity contribution in [3.05, 3.63) is 115 Å². The summed E-state index contributed by atoms with van der Waals surface area (Å²) >= 11 is 0. The number of benzene rings is 2. The van der Waals surface area contributed by atoms with Crippen LogP contribution in [0.25, 0.3) is 39.7 Å². The van der Waals surface area contributed by atoms with Crippen molar-refractivity contribution >= 4 is 5.78 Å². The number of nitrogens with one attached hydrogen (secondary N) is 1. The lowest BCUT2D eigenvalue weighted by atomic mass is 9.93. The Labute approximate surface area is 227 Å². The van der Waals surface area contributed by atoms with E-state index in [0.717, 1.165) is 66.4 Å². The second kappa shape index (κ2) is 10.3. The summed E-state index contributed by atoms with van der Waals surface area (Å²) in [5, 5.41) is 7.77. The fraction of sp³-hybridized carbons (Fsp3) is 0.188. The molecule has 0 atom stereocenters.